The van der Waals surface area contributed by atoms with Crippen LogP contribution >= 0.6 is 0 Å². The summed E-state index contributed by atoms with van der Waals surface area (Å²) >= 11 is 0. The Morgan fingerprint density at radius 2 is 0.867 bits per heavy atom. The fourth-order valence-corrected chi connectivity index (χ4v) is 3.50. The third-order valence-electron chi connectivity index (χ3n) is 5.21. The largest absolute Gasteiger partial charge is 0.502 e. The van der Waals surface area contributed by atoms with Crippen LogP contribution in [0.25, 0.3) is 0 Å². The van der Waals surface area contributed by atoms with Crippen LogP contribution < -0.4 is 18.9 Å². The van der Waals surface area contributed by atoms with Crippen molar-refractivity contribution in [2.24, 2.45) is 11.8 Å². The second kappa shape index (κ2) is 10.8. The number of rotatable bonds is 11. The molecule has 0 unspecified atom stereocenters. The molecule has 0 bridgehead atoms. The number of aliphatic hydroxyl groups excluding tert-OH is 2. The molecule has 2 rings (SSSR count). The summed E-state index contributed by atoms with van der Waals surface area (Å²) in [6.07, 6.45) is 0.863. The fourth-order valence-electron chi connectivity index (χ4n) is 3.50. The number of aliphatic hydroxyl groups is 2. The molecule has 0 amide bonds. The zero-order chi connectivity index (χ0) is 22.3. The first-order valence-electron chi connectivity index (χ1n) is 9.51. The number of methoxy groups -OCH3 is 4. The van der Waals surface area contributed by atoms with Crippen molar-refractivity contribution in [3.05, 3.63) is 35.4 Å². The van der Waals surface area contributed by atoms with E-state index in [1.807, 2.05) is 0 Å². The van der Waals surface area contributed by atoms with Crippen LogP contribution in [0.3, 0.4) is 0 Å². The molecule has 2 aromatic rings. The van der Waals surface area contributed by atoms with E-state index in [1.54, 1.807) is 24.3 Å². The quantitative estimate of drug-likeness (QED) is 0.435. The van der Waals surface area contributed by atoms with E-state index in [4.69, 9.17) is 18.9 Å². The highest BCUT2D eigenvalue weighted by atomic mass is 16.5. The van der Waals surface area contributed by atoms with Gasteiger partial charge in [0.05, 0.1) is 28.4 Å². The van der Waals surface area contributed by atoms with Gasteiger partial charge in [-0.15, -0.1) is 0 Å². The summed E-state index contributed by atoms with van der Waals surface area (Å²) in [6, 6.07) is 6.73. The Balaban J connectivity index is 2.29. The highest BCUT2D eigenvalue weighted by molar-refractivity contribution is 5.53. The second-order valence-electron chi connectivity index (χ2n) is 6.99. The average Bonchev–Trinajstić information content (AvgIpc) is 2.77. The van der Waals surface area contributed by atoms with Gasteiger partial charge in [0.25, 0.3) is 0 Å². The minimum Gasteiger partial charge on any atom is -0.502 e. The van der Waals surface area contributed by atoms with Gasteiger partial charge in [0.1, 0.15) is 0 Å². The Kier molecular flexibility index (Phi) is 8.44. The average molecular weight is 422 g/mol. The Hall–Kier alpha value is -2.84. The fraction of sp³-hybridized carbons (Fsp3) is 0.455. The van der Waals surface area contributed by atoms with Gasteiger partial charge in [0.2, 0.25) is 11.5 Å². The van der Waals surface area contributed by atoms with Gasteiger partial charge in [-0.3, -0.25) is 0 Å². The Bertz CT molecular complexity index is 716. The minimum absolute atomic E-state index is 0.0914. The molecule has 0 saturated carbocycles. The van der Waals surface area contributed by atoms with E-state index < -0.39 is 0 Å². The van der Waals surface area contributed by atoms with Crippen LogP contribution in [0.1, 0.15) is 11.1 Å². The van der Waals surface area contributed by atoms with E-state index in [-0.39, 0.29) is 59.5 Å². The van der Waals surface area contributed by atoms with Gasteiger partial charge >= 0.3 is 0 Å². The Labute approximate surface area is 176 Å². The molecule has 0 saturated heterocycles. The van der Waals surface area contributed by atoms with E-state index in [0.717, 1.165) is 11.1 Å². The maximum Gasteiger partial charge on any atom is 0.200 e. The highest BCUT2D eigenvalue weighted by Gasteiger charge is 2.24. The van der Waals surface area contributed by atoms with Gasteiger partial charge in [-0.1, -0.05) is 0 Å². The summed E-state index contributed by atoms with van der Waals surface area (Å²) in [5.41, 5.74) is 1.58. The third kappa shape index (κ3) is 5.20. The van der Waals surface area contributed by atoms with Crippen LogP contribution in [0.15, 0.2) is 24.3 Å². The van der Waals surface area contributed by atoms with Crippen LogP contribution in [-0.4, -0.2) is 62.1 Å². The van der Waals surface area contributed by atoms with E-state index in [0.29, 0.717) is 12.8 Å². The predicted molar refractivity (Wildman–Crippen MR) is 111 cm³/mol. The number of hydrogen-bond acceptors (Lipinski definition) is 8. The second-order valence-corrected chi connectivity index (χ2v) is 6.99. The molecule has 8 heteroatoms. The Morgan fingerprint density at radius 1 is 0.600 bits per heavy atom. The molecule has 166 valence electrons. The number of ether oxygens (including phenoxy) is 4. The zero-order valence-electron chi connectivity index (χ0n) is 17.7. The van der Waals surface area contributed by atoms with E-state index >= 15 is 0 Å². The normalized spacial score (nSPS) is 12.9. The molecule has 0 heterocycles. The van der Waals surface area contributed by atoms with Crippen LogP contribution in [0.2, 0.25) is 0 Å². The topological polar surface area (TPSA) is 118 Å². The predicted octanol–water partition coefficient (Wildman–Crippen LogP) is 2.13. The van der Waals surface area contributed by atoms with Crippen molar-refractivity contribution in [2.45, 2.75) is 12.8 Å². The molecule has 0 fully saturated rings. The maximum absolute atomic E-state index is 10.1. The van der Waals surface area contributed by atoms with Gasteiger partial charge in [-0.25, -0.2) is 0 Å². The lowest BCUT2D eigenvalue weighted by Crippen LogP contribution is -2.26. The van der Waals surface area contributed by atoms with Gasteiger partial charge < -0.3 is 39.4 Å². The molecule has 0 aliphatic carbocycles. The van der Waals surface area contributed by atoms with Crippen LogP contribution in [-0.2, 0) is 12.8 Å². The summed E-state index contributed by atoms with van der Waals surface area (Å²) in [5.74, 6) is 0.352. The monoisotopic (exact) mass is 422 g/mol. The van der Waals surface area contributed by atoms with Gasteiger partial charge in [-0.2, -0.15) is 0 Å². The molecular weight excluding hydrogens is 392 g/mol. The van der Waals surface area contributed by atoms with Crippen molar-refractivity contribution in [3.8, 4) is 34.5 Å². The van der Waals surface area contributed by atoms with Gasteiger partial charge in [0, 0.05) is 13.2 Å². The van der Waals surface area contributed by atoms with Crippen molar-refractivity contribution in [3.63, 3.8) is 0 Å². The first-order valence-corrected chi connectivity index (χ1v) is 9.51. The standard InChI is InChI=1S/C22H30O8/c1-27-17-7-13(8-18(28-2)21(17)25)5-15(11-23)16(12-24)6-14-9-19(29-3)22(26)20(10-14)30-4/h7-10,15-16,23-26H,5-6,11-12H2,1-4H3/t15-,16-/m0/s1. The molecule has 2 atom stereocenters. The van der Waals surface area contributed by atoms with Crippen molar-refractivity contribution in [1.82, 2.24) is 0 Å². The molecule has 0 aliphatic heterocycles. The van der Waals surface area contributed by atoms with Gasteiger partial charge in [-0.05, 0) is 60.1 Å². The molecule has 0 aliphatic rings. The van der Waals surface area contributed by atoms with Crippen molar-refractivity contribution < 1.29 is 39.4 Å². The summed E-state index contributed by atoms with van der Waals surface area (Å²) < 4.78 is 20.8. The smallest absolute Gasteiger partial charge is 0.200 e. The number of phenols is 2. The molecule has 4 N–H and O–H groups in total. The minimum atomic E-state index is -0.278. The first kappa shape index (κ1) is 23.4. The lowest BCUT2D eigenvalue weighted by molar-refractivity contribution is 0.119. The first-order chi connectivity index (χ1) is 14.4. The molecule has 2 aromatic carbocycles. The lowest BCUT2D eigenvalue weighted by atomic mass is 9.83. The van der Waals surface area contributed by atoms with Crippen molar-refractivity contribution in [2.75, 3.05) is 41.7 Å². The molecule has 0 aromatic heterocycles. The van der Waals surface area contributed by atoms with Gasteiger partial charge in [0.15, 0.2) is 23.0 Å². The summed E-state index contributed by atoms with van der Waals surface area (Å²) in [7, 11) is 5.79. The SMILES string of the molecule is COc1cc(C[C@@H](CO)[C@H](CO)Cc2cc(OC)c(O)c(OC)c2)cc(OC)c1O. The highest BCUT2D eigenvalue weighted by Crippen LogP contribution is 2.40. The number of hydrogen-bond donors (Lipinski definition) is 4. The Morgan fingerprint density at radius 3 is 1.07 bits per heavy atom. The van der Waals surface area contributed by atoms with E-state index in [2.05, 4.69) is 0 Å². The molecule has 0 radical (unpaired) electrons. The lowest BCUT2D eigenvalue weighted by Gasteiger charge is -2.25. The summed E-state index contributed by atoms with van der Waals surface area (Å²) in [4.78, 5) is 0. The number of aromatic hydroxyl groups is 2. The van der Waals surface area contributed by atoms with Crippen LogP contribution in [0.5, 0.6) is 34.5 Å². The van der Waals surface area contributed by atoms with E-state index in [9.17, 15) is 20.4 Å². The van der Waals surface area contributed by atoms with E-state index in [1.165, 1.54) is 28.4 Å². The van der Waals surface area contributed by atoms with Crippen molar-refractivity contribution in [1.29, 1.82) is 0 Å². The van der Waals surface area contributed by atoms with Crippen LogP contribution in [0.4, 0.5) is 0 Å². The molecule has 30 heavy (non-hydrogen) atoms. The third-order valence-corrected chi connectivity index (χ3v) is 5.21. The molecule has 0 spiro atoms. The summed E-state index contributed by atoms with van der Waals surface area (Å²) in [5, 5.41) is 40.2. The number of phenolic OH excluding ortho intramolecular Hbond substituents is 2. The molecular formula is C22H30O8. The number of benzene rings is 2. The maximum atomic E-state index is 10.1. The van der Waals surface area contributed by atoms with Crippen LogP contribution in [0, 0.1) is 11.8 Å². The summed E-state index contributed by atoms with van der Waals surface area (Å²) in [6.45, 7) is -0.299. The zero-order valence-corrected chi connectivity index (χ0v) is 17.7. The van der Waals surface area contributed by atoms with Crippen molar-refractivity contribution >= 4 is 0 Å². The molecule has 8 nitrogen and oxygen atoms in total.